The smallest absolute Gasteiger partial charge is 0.144 e. The molecule has 0 unspecified atom stereocenters. The summed E-state index contributed by atoms with van der Waals surface area (Å²) in [7, 11) is 0. The zero-order chi connectivity index (χ0) is 36.0. The number of hydrogen-bond acceptors (Lipinski definition) is 2. The van der Waals surface area contributed by atoms with Crippen molar-refractivity contribution in [1.29, 1.82) is 0 Å². The van der Waals surface area contributed by atoms with Crippen molar-refractivity contribution in [2.45, 2.75) is 0 Å². The summed E-state index contributed by atoms with van der Waals surface area (Å²) in [6, 6.07) is 67.2. The van der Waals surface area contributed by atoms with Gasteiger partial charge in [-0.3, -0.25) is 0 Å². The number of para-hydroxylation sites is 3. The van der Waals surface area contributed by atoms with Crippen LogP contribution in [0.5, 0.6) is 0 Å². The predicted molar refractivity (Wildman–Crippen MR) is 229 cm³/mol. The van der Waals surface area contributed by atoms with Gasteiger partial charge in [-0.1, -0.05) is 146 Å². The molecular weight excluding hydrogens is 671 g/mol. The van der Waals surface area contributed by atoms with Crippen LogP contribution >= 0.6 is 0 Å². The van der Waals surface area contributed by atoms with Crippen LogP contribution in [0.3, 0.4) is 0 Å². The van der Waals surface area contributed by atoms with Crippen LogP contribution in [0.15, 0.2) is 197 Å². The van der Waals surface area contributed by atoms with Gasteiger partial charge in [0.2, 0.25) is 0 Å². The minimum absolute atomic E-state index is 0.803. The summed E-state index contributed by atoms with van der Waals surface area (Å²) in [6.07, 6.45) is 0. The molecule has 3 nitrogen and oxygen atoms in total. The number of benzene rings is 9. The summed E-state index contributed by atoms with van der Waals surface area (Å²) in [5.41, 5.74) is 11.7. The molecule has 0 spiro atoms. The largest absolute Gasteiger partial charge is 0.456 e. The van der Waals surface area contributed by atoms with Crippen molar-refractivity contribution in [3.05, 3.63) is 188 Å². The van der Waals surface area contributed by atoms with E-state index in [2.05, 4.69) is 180 Å². The Kier molecular flexibility index (Phi) is 6.34. The zero-order valence-electron chi connectivity index (χ0n) is 29.7. The number of fused-ring (bicyclic) bond motifs is 9. The van der Waals surface area contributed by atoms with Gasteiger partial charge in [0.15, 0.2) is 0 Å². The molecule has 0 N–H and O–H groups in total. The summed E-state index contributed by atoms with van der Waals surface area (Å²) in [6.45, 7) is 0. The van der Waals surface area contributed by atoms with E-state index in [0.29, 0.717) is 0 Å². The molecule has 12 aromatic rings. The van der Waals surface area contributed by atoms with Gasteiger partial charge in [0.05, 0.1) is 11.0 Å². The van der Waals surface area contributed by atoms with Crippen molar-refractivity contribution in [2.24, 2.45) is 0 Å². The van der Waals surface area contributed by atoms with E-state index in [1.54, 1.807) is 0 Å². The van der Waals surface area contributed by atoms with Crippen molar-refractivity contribution in [2.75, 3.05) is 0 Å². The summed E-state index contributed by atoms with van der Waals surface area (Å²) >= 11 is 0. The average Bonchev–Trinajstić information content (AvgIpc) is 3.91. The van der Waals surface area contributed by atoms with Crippen LogP contribution < -0.4 is 0 Å². The lowest BCUT2D eigenvalue weighted by Crippen LogP contribution is -1.94. The second kappa shape index (κ2) is 11.6. The van der Waals surface area contributed by atoms with Crippen LogP contribution in [-0.2, 0) is 0 Å². The number of furan rings is 2. The maximum atomic E-state index is 7.10. The Morgan fingerprint density at radius 3 is 1.58 bits per heavy atom. The molecule has 0 saturated carbocycles. The highest BCUT2D eigenvalue weighted by Gasteiger charge is 2.25. The standard InChI is InChI=1S/C52H31NO2/c1-3-15-32(16-4-1)50-43-30-42-37-20-12-14-26-46(37)54-47(42)31-48(43)55-52(50)51-40-23-9-7-21-38(40)49(39-22-8-10-24-41(39)51)33-27-28-36-35-19-11-13-25-44(35)53(45(36)29-33)34-17-5-2-6-18-34/h1-31H. The third kappa shape index (κ3) is 4.38. The number of rotatable bonds is 4. The fourth-order valence-electron chi connectivity index (χ4n) is 9.05. The molecule has 0 amide bonds. The van der Waals surface area contributed by atoms with Gasteiger partial charge in [0.25, 0.3) is 0 Å². The topological polar surface area (TPSA) is 31.2 Å². The Bertz CT molecular complexity index is 3420. The van der Waals surface area contributed by atoms with E-state index in [4.69, 9.17) is 8.83 Å². The number of aromatic nitrogens is 1. The second-order valence-corrected chi connectivity index (χ2v) is 14.4. The Hall–Kier alpha value is -7.36. The predicted octanol–water partition coefficient (Wildman–Crippen LogP) is 14.7. The molecular formula is C52H31NO2. The van der Waals surface area contributed by atoms with Gasteiger partial charge in [-0.15, -0.1) is 0 Å². The van der Waals surface area contributed by atoms with E-state index < -0.39 is 0 Å². The molecule has 0 aliphatic rings. The summed E-state index contributed by atoms with van der Waals surface area (Å²) in [4.78, 5) is 0. The third-order valence-electron chi connectivity index (χ3n) is 11.4. The average molecular weight is 702 g/mol. The summed E-state index contributed by atoms with van der Waals surface area (Å²) in [5.74, 6) is 0.858. The van der Waals surface area contributed by atoms with Crippen molar-refractivity contribution >= 4 is 76.3 Å². The van der Waals surface area contributed by atoms with E-state index in [0.717, 1.165) is 71.8 Å². The quantitative estimate of drug-likeness (QED) is 0.171. The highest BCUT2D eigenvalue weighted by molar-refractivity contribution is 6.24. The van der Waals surface area contributed by atoms with E-state index in [1.807, 2.05) is 12.1 Å². The lowest BCUT2D eigenvalue weighted by Gasteiger charge is -2.18. The second-order valence-electron chi connectivity index (χ2n) is 14.4. The first-order valence-electron chi connectivity index (χ1n) is 18.8. The minimum Gasteiger partial charge on any atom is -0.456 e. The molecule has 0 aliphatic carbocycles. The maximum Gasteiger partial charge on any atom is 0.144 e. The van der Waals surface area contributed by atoms with E-state index >= 15 is 0 Å². The SMILES string of the molecule is c1ccc(-c2c(-c3c4ccccc4c(-c4ccc5c6ccccc6n(-c6ccccc6)c5c4)c4ccccc34)oc3cc4oc5ccccc5c4cc23)cc1. The molecule has 12 rings (SSSR count). The van der Waals surface area contributed by atoms with Gasteiger partial charge >= 0.3 is 0 Å². The minimum atomic E-state index is 0.803. The van der Waals surface area contributed by atoms with E-state index in [-0.39, 0.29) is 0 Å². The molecule has 0 radical (unpaired) electrons. The molecule has 3 heteroatoms. The molecule has 0 bridgehead atoms. The van der Waals surface area contributed by atoms with Crippen LogP contribution in [0.1, 0.15) is 0 Å². The fourth-order valence-corrected chi connectivity index (χ4v) is 9.05. The van der Waals surface area contributed by atoms with Gasteiger partial charge in [-0.2, -0.15) is 0 Å². The Labute approximate surface area is 315 Å². The van der Waals surface area contributed by atoms with Gasteiger partial charge in [0, 0.05) is 49.8 Å². The van der Waals surface area contributed by atoms with Gasteiger partial charge < -0.3 is 13.4 Å². The van der Waals surface area contributed by atoms with E-state index in [9.17, 15) is 0 Å². The van der Waals surface area contributed by atoms with Gasteiger partial charge in [0.1, 0.15) is 22.5 Å². The molecule has 3 aromatic heterocycles. The molecule has 0 aliphatic heterocycles. The first-order valence-corrected chi connectivity index (χ1v) is 18.8. The molecule has 0 saturated heterocycles. The third-order valence-corrected chi connectivity index (χ3v) is 11.4. The number of nitrogens with zero attached hydrogens (tertiary/aromatic N) is 1. The van der Waals surface area contributed by atoms with Gasteiger partial charge in [-0.05, 0) is 74.6 Å². The highest BCUT2D eigenvalue weighted by atomic mass is 16.3. The van der Waals surface area contributed by atoms with Gasteiger partial charge in [-0.25, -0.2) is 0 Å². The molecule has 256 valence electrons. The zero-order valence-corrected chi connectivity index (χ0v) is 29.7. The molecule has 0 atom stereocenters. The first kappa shape index (κ1) is 30.1. The van der Waals surface area contributed by atoms with E-state index in [1.165, 1.54) is 43.7 Å². The van der Waals surface area contributed by atoms with Crippen LogP contribution in [0.4, 0.5) is 0 Å². The lowest BCUT2D eigenvalue weighted by atomic mass is 9.86. The van der Waals surface area contributed by atoms with Crippen molar-refractivity contribution in [1.82, 2.24) is 4.57 Å². The van der Waals surface area contributed by atoms with Crippen LogP contribution in [0, 0.1) is 0 Å². The van der Waals surface area contributed by atoms with Crippen LogP contribution in [0.25, 0.3) is 116 Å². The maximum absolute atomic E-state index is 7.10. The normalized spacial score (nSPS) is 12.0. The van der Waals surface area contributed by atoms with Crippen LogP contribution in [0.2, 0.25) is 0 Å². The fraction of sp³-hybridized carbons (Fsp3) is 0. The van der Waals surface area contributed by atoms with Crippen molar-refractivity contribution in [3.8, 4) is 39.3 Å². The van der Waals surface area contributed by atoms with Crippen molar-refractivity contribution < 1.29 is 8.83 Å². The molecule has 9 aromatic carbocycles. The Balaban J connectivity index is 1.18. The lowest BCUT2D eigenvalue weighted by molar-refractivity contribution is 0.630. The summed E-state index contributed by atoms with van der Waals surface area (Å²) < 4.78 is 15.8. The number of hydrogen-bond donors (Lipinski definition) is 0. The monoisotopic (exact) mass is 701 g/mol. The summed E-state index contributed by atoms with van der Waals surface area (Å²) in [5, 5.41) is 10.4. The van der Waals surface area contributed by atoms with Crippen molar-refractivity contribution in [3.63, 3.8) is 0 Å². The Morgan fingerprint density at radius 2 is 0.855 bits per heavy atom. The molecule has 55 heavy (non-hydrogen) atoms. The first-order chi connectivity index (χ1) is 27.3. The van der Waals surface area contributed by atoms with Crippen LogP contribution in [-0.4, -0.2) is 4.57 Å². The Morgan fingerprint density at radius 1 is 0.291 bits per heavy atom. The highest BCUT2D eigenvalue weighted by Crippen LogP contribution is 2.50. The molecule has 3 heterocycles. The molecule has 0 fully saturated rings.